The molecule has 9 heteroatoms. The van der Waals surface area contributed by atoms with E-state index >= 15 is 0 Å². The molecule has 0 unspecified atom stereocenters. The predicted octanol–water partition coefficient (Wildman–Crippen LogP) is 7.58. The summed E-state index contributed by atoms with van der Waals surface area (Å²) in [6.45, 7) is 3.01. The van der Waals surface area contributed by atoms with Gasteiger partial charge in [-0.2, -0.15) is 0 Å². The van der Waals surface area contributed by atoms with Gasteiger partial charge < -0.3 is 4.74 Å². The molecule has 5 rings (SSSR count). The highest BCUT2D eigenvalue weighted by Gasteiger charge is 2.25. The van der Waals surface area contributed by atoms with E-state index in [1.165, 1.54) is 0 Å². The Balaban J connectivity index is 1.26. The summed E-state index contributed by atoms with van der Waals surface area (Å²) >= 11 is 24.5. The van der Waals surface area contributed by atoms with Gasteiger partial charge in [0.05, 0.1) is 22.3 Å². The van der Waals surface area contributed by atoms with Crippen molar-refractivity contribution in [3.8, 4) is 17.0 Å². The van der Waals surface area contributed by atoms with Gasteiger partial charge in [-0.15, -0.1) is 5.10 Å². The first kappa shape index (κ1) is 24.4. The lowest BCUT2D eigenvalue weighted by molar-refractivity contribution is 0.307. The summed E-state index contributed by atoms with van der Waals surface area (Å²) in [6.07, 6.45) is 2.98. The van der Waals surface area contributed by atoms with Crippen LogP contribution < -0.4 is 4.74 Å². The molecule has 4 aromatic rings. The predicted molar refractivity (Wildman–Crippen MR) is 142 cm³/mol. The Morgan fingerprint density at radius 3 is 2.49 bits per heavy atom. The Morgan fingerprint density at radius 2 is 1.69 bits per heavy atom. The summed E-state index contributed by atoms with van der Waals surface area (Å²) in [5.41, 5.74) is 3.71. The van der Waals surface area contributed by atoms with E-state index in [2.05, 4.69) is 15.2 Å². The lowest BCUT2D eigenvalue weighted by atomic mass is 10.1. The Hall–Kier alpha value is -2.28. The van der Waals surface area contributed by atoms with Gasteiger partial charge in [-0.1, -0.05) is 69.8 Å². The number of hydrogen-bond acceptors (Lipinski definition) is 4. The number of benzene rings is 3. The molecule has 5 nitrogen and oxygen atoms in total. The second-order valence-corrected chi connectivity index (χ2v) is 10.3. The molecule has 1 aromatic heterocycles. The summed E-state index contributed by atoms with van der Waals surface area (Å²) in [6, 6.07) is 19.2. The molecule has 1 atom stereocenters. The van der Waals surface area contributed by atoms with Crippen molar-refractivity contribution in [2.24, 2.45) is 0 Å². The van der Waals surface area contributed by atoms with Crippen LogP contribution in [-0.2, 0) is 13.2 Å². The van der Waals surface area contributed by atoms with E-state index in [0.717, 1.165) is 54.2 Å². The minimum atomic E-state index is 0.246. The summed E-state index contributed by atoms with van der Waals surface area (Å²) in [5.74, 6) is 0.733. The van der Waals surface area contributed by atoms with E-state index < -0.39 is 0 Å². The van der Waals surface area contributed by atoms with Gasteiger partial charge in [0, 0.05) is 35.2 Å². The van der Waals surface area contributed by atoms with Gasteiger partial charge in [-0.25, -0.2) is 4.68 Å². The van der Waals surface area contributed by atoms with Gasteiger partial charge >= 0.3 is 0 Å². The molecule has 180 valence electrons. The van der Waals surface area contributed by atoms with Crippen LogP contribution in [0.1, 0.15) is 23.6 Å². The van der Waals surface area contributed by atoms with Gasteiger partial charge in [0.1, 0.15) is 18.1 Å². The molecular weight excluding hydrogens is 526 g/mol. The fourth-order valence-corrected chi connectivity index (χ4v) is 5.20. The lowest BCUT2D eigenvalue weighted by Crippen LogP contribution is -2.21. The first-order valence-electron chi connectivity index (χ1n) is 11.2. The molecule has 1 aliphatic rings. The van der Waals surface area contributed by atoms with Crippen LogP contribution in [0.2, 0.25) is 20.1 Å². The van der Waals surface area contributed by atoms with E-state index in [9.17, 15) is 0 Å². The lowest BCUT2D eigenvalue weighted by Gasteiger charge is -2.16. The SMILES string of the molecule is Clc1cc(Cl)cc(CN2CC[C@H](n3cc(-c4ccccc4OCc4ccc(Cl)c(Cl)c4)nn3)C2)c1. The first-order chi connectivity index (χ1) is 16.9. The van der Waals surface area contributed by atoms with Crippen LogP contribution in [0, 0.1) is 0 Å². The molecule has 0 aliphatic carbocycles. The maximum Gasteiger partial charge on any atom is 0.129 e. The zero-order valence-corrected chi connectivity index (χ0v) is 21.7. The van der Waals surface area contributed by atoms with E-state index in [-0.39, 0.29) is 6.04 Å². The van der Waals surface area contributed by atoms with Crippen LogP contribution in [0.5, 0.6) is 5.75 Å². The summed E-state index contributed by atoms with van der Waals surface area (Å²) < 4.78 is 8.06. The van der Waals surface area contributed by atoms with Gasteiger partial charge in [-0.05, 0) is 60.0 Å². The zero-order chi connectivity index (χ0) is 24.4. The van der Waals surface area contributed by atoms with Gasteiger partial charge in [0.25, 0.3) is 0 Å². The number of para-hydroxylation sites is 1. The zero-order valence-electron chi connectivity index (χ0n) is 18.7. The Labute approximate surface area is 224 Å². The Bertz CT molecular complexity index is 1320. The van der Waals surface area contributed by atoms with Gasteiger partial charge in [0.15, 0.2) is 0 Å². The van der Waals surface area contributed by atoms with Crippen molar-refractivity contribution in [1.82, 2.24) is 19.9 Å². The second-order valence-electron chi connectivity index (χ2n) is 8.57. The smallest absolute Gasteiger partial charge is 0.129 e. The van der Waals surface area contributed by atoms with E-state index in [1.54, 1.807) is 12.1 Å². The largest absolute Gasteiger partial charge is 0.488 e. The molecule has 1 saturated heterocycles. The number of aromatic nitrogens is 3. The summed E-state index contributed by atoms with van der Waals surface area (Å²) in [4.78, 5) is 2.38. The number of nitrogens with zero attached hydrogens (tertiary/aromatic N) is 4. The van der Waals surface area contributed by atoms with Crippen molar-refractivity contribution in [2.75, 3.05) is 13.1 Å². The van der Waals surface area contributed by atoms with Crippen molar-refractivity contribution < 1.29 is 4.74 Å². The highest BCUT2D eigenvalue weighted by Crippen LogP contribution is 2.31. The minimum absolute atomic E-state index is 0.246. The number of rotatable bonds is 7. The Morgan fingerprint density at radius 1 is 0.886 bits per heavy atom. The molecule has 0 bridgehead atoms. The quantitative estimate of drug-likeness (QED) is 0.239. The molecule has 35 heavy (non-hydrogen) atoms. The molecule has 1 fully saturated rings. The molecule has 3 aromatic carbocycles. The third kappa shape index (κ3) is 5.93. The van der Waals surface area contributed by atoms with Crippen LogP contribution in [0.3, 0.4) is 0 Å². The number of halogens is 4. The van der Waals surface area contributed by atoms with Crippen LogP contribution in [0.15, 0.2) is 66.9 Å². The van der Waals surface area contributed by atoms with Crippen molar-refractivity contribution in [1.29, 1.82) is 0 Å². The molecule has 1 aliphatic heterocycles. The third-order valence-corrected chi connectivity index (χ3v) is 7.18. The first-order valence-corrected chi connectivity index (χ1v) is 12.7. The van der Waals surface area contributed by atoms with E-state index in [4.69, 9.17) is 51.1 Å². The van der Waals surface area contributed by atoms with Crippen molar-refractivity contribution in [2.45, 2.75) is 25.6 Å². The number of ether oxygens (including phenoxy) is 1. The standard InChI is InChI=1S/C26H22Cl4N4O/c27-19-9-18(10-20(28)12-19)13-33-8-7-21(14-33)34-15-25(31-32-34)22-3-1-2-4-26(22)35-16-17-5-6-23(29)24(30)11-17/h1-6,9-12,15,21H,7-8,13-14,16H2/t21-/m0/s1. The fraction of sp³-hybridized carbons (Fsp3) is 0.231. The molecule has 0 radical (unpaired) electrons. The normalized spacial score (nSPS) is 16.1. The highest BCUT2D eigenvalue weighted by atomic mass is 35.5. The minimum Gasteiger partial charge on any atom is -0.488 e. The molecule has 0 amide bonds. The topological polar surface area (TPSA) is 43.2 Å². The monoisotopic (exact) mass is 546 g/mol. The van der Waals surface area contributed by atoms with Crippen molar-refractivity contribution in [3.63, 3.8) is 0 Å². The highest BCUT2D eigenvalue weighted by molar-refractivity contribution is 6.42. The molecular formula is C26H22Cl4N4O. The van der Waals surface area contributed by atoms with Crippen LogP contribution in [-0.4, -0.2) is 33.0 Å². The molecule has 0 saturated carbocycles. The maximum atomic E-state index is 6.16. The third-order valence-electron chi connectivity index (χ3n) is 6.00. The molecule has 0 N–H and O–H groups in total. The summed E-state index contributed by atoms with van der Waals surface area (Å²) in [5, 5.41) is 11.2. The second kappa shape index (κ2) is 10.8. The summed E-state index contributed by atoms with van der Waals surface area (Å²) in [7, 11) is 0. The Kier molecular flexibility index (Phi) is 7.51. The molecule has 0 spiro atoms. The fourth-order valence-electron chi connectivity index (χ4n) is 4.31. The van der Waals surface area contributed by atoms with Crippen LogP contribution in [0.4, 0.5) is 0 Å². The van der Waals surface area contributed by atoms with Gasteiger partial charge in [0.2, 0.25) is 0 Å². The van der Waals surface area contributed by atoms with Crippen LogP contribution in [0.25, 0.3) is 11.3 Å². The van der Waals surface area contributed by atoms with Crippen molar-refractivity contribution >= 4 is 46.4 Å². The average Bonchev–Trinajstić information content (AvgIpc) is 3.49. The number of likely N-dealkylation sites (tertiary alicyclic amines) is 1. The maximum absolute atomic E-state index is 6.16. The van der Waals surface area contributed by atoms with Crippen LogP contribution >= 0.6 is 46.4 Å². The average molecular weight is 548 g/mol. The van der Waals surface area contributed by atoms with Gasteiger partial charge in [-0.3, -0.25) is 4.90 Å². The van der Waals surface area contributed by atoms with E-state index in [0.29, 0.717) is 26.7 Å². The van der Waals surface area contributed by atoms with Crippen molar-refractivity contribution in [3.05, 3.63) is 98.1 Å². The molecule has 2 heterocycles. The van der Waals surface area contributed by atoms with E-state index in [1.807, 2.05) is 59.4 Å². The number of hydrogen-bond donors (Lipinski definition) is 0.